The number of ether oxygens (including phenoxy) is 3. The van der Waals surface area contributed by atoms with Gasteiger partial charge < -0.3 is 24.4 Å². The van der Waals surface area contributed by atoms with E-state index in [-0.39, 0.29) is 23.7 Å². The number of hydrogen-bond acceptors (Lipinski definition) is 7. The van der Waals surface area contributed by atoms with Crippen LogP contribution in [0, 0.1) is 28.6 Å². The lowest BCUT2D eigenvalue weighted by atomic mass is 9.61. The predicted octanol–water partition coefficient (Wildman–Crippen LogP) is 0.364. The highest BCUT2D eigenvalue weighted by Gasteiger charge is 2.94. The first kappa shape index (κ1) is 16.0. The van der Waals surface area contributed by atoms with Crippen LogP contribution in [-0.4, -0.2) is 51.9 Å². The van der Waals surface area contributed by atoms with Crippen molar-refractivity contribution in [3.8, 4) is 0 Å². The molecule has 3 heterocycles. The molecule has 3 saturated heterocycles. The van der Waals surface area contributed by atoms with Crippen LogP contribution in [0.2, 0.25) is 0 Å². The Morgan fingerprint density at radius 3 is 2.48 bits per heavy atom. The van der Waals surface area contributed by atoms with Crippen LogP contribution in [0.1, 0.15) is 40.5 Å². The zero-order valence-electron chi connectivity index (χ0n) is 14.8. The van der Waals surface area contributed by atoms with Gasteiger partial charge in [0.05, 0.1) is 11.3 Å². The first-order valence-corrected chi connectivity index (χ1v) is 9.01. The molecule has 0 unspecified atom stereocenters. The number of fused-ring (bicyclic) bond motifs is 1. The molecule has 0 radical (unpaired) electrons. The van der Waals surface area contributed by atoms with Gasteiger partial charge in [-0.1, -0.05) is 20.8 Å². The Kier molecular flexibility index (Phi) is 2.59. The standard InChI is InChI=1S/C18H24O7/c1-7-12(19)23-10-6-16-9-5-8(15(2,3)4)11(16)13(20)25-18(16,14(21)24-9)17(7,10)22/h7-11,13,20,22H,5-6H2,1-4H3/t7-,8-,9-,10-,11-,13+,16-,17-,18-/m1/s1. The Balaban J connectivity index is 1.74. The average molecular weight is 352 g/mol. The van der Waals surface area contributed by atoms with E-state index >= 15 is 0 Å². The number of esters is 2. The van der Waals surface area contributed by atoms with Crippen LogP contribution < -0.4 is 0 Å². The summed E-state index contributed by atoms with van der Waals surface area (Å²) in [5.74, 6) is -2.40. The summed E-state index contributed by atoms with van der Waals surface area (Å²) >= 11 is 0. The van der Waals surface area contributed by atoms with Crippen molar-refractivity contribution in [2.45, 2.75) is 70.2 Å². The lowest BCUT2D eigenvalue weighted by Gasteiger charge is -2.39. The van der Waals surface area contributed by atoms with Crippen molar-refractivity contribution in [2.24, 2.45) is 28.6 Å². The highest BCUT2D eigenvalue weighted by molar-refractivity contribution is 5.91. The van der Waals surface area contributed by atoms with Crippen molar-refractivity contribution in [3.63, 3.8) is 0 Å². The van der Waals surface area contributed by atoms with E-state index in [4.69, 9.17) is 14.2 Å². The minimum Gasteiger partial charge on any atom is -0.459 e. The summed E-state index contributed by atoms with van der Waals surface area (Å²) in [6, 6.07) is 0. The fourth-order valence-corrected chi connectivity index (χ4v) is 6.80. The third-order valence-corrected chi connectivity index (χ3v) is 7.83. The molecule has 7 nitrogen and oxygen atoms in total. The highest BCUT2D eigenvalue weighted by Crippen LogP contribution is 2.77. The summed E-state index contributed by atoms with van der Waals surface area (Å²) in [6.45, 7) is 7.83. The number of aliphatic hydroxyl groups is 2. The fraction of sp³-hybridized carbons (Fsp3) is 0.889. The molecule has 5 aliphatic rings. The van der Waals surface area contributed by atoms with Gasteiger partial charge in [0.15, 0.2) is 11.9 Å². The summed E-state index contributed by atoms with van der Waals surface area (Å²) in [5.41, 5.74) is -4.52. The van der Waals surface area contributed by atoms with Crippen molar-refractivity contribution in [1.82, 2.24) is 0 Å². The maximum absolute atomic E-state index is 13.0. The van der Waals surface area contributed by atoms with Crippen molar-refractivity contribution in [2.75, 3.05) is 0 Å². The van der Waals surface area contributed by atoms with Crippen LogP contribution in [0.5, 0.6) is 0 Å². The topological polar surface area (TPSA) is 102 Å². The second-order valence-electron chi connectivity index (χ2n) is 9.53. The molecule has 0 aromatic rings. The molecule has 2 aliphatic carbocycles. The molecule has 5 rings (SSSR count). The Labute approximate surface area is 145 Å². The molecule has 0 aromatic carbocycles. The van der Waals surface area contributed by atoms with E-state index in [1.165, 1.54) is 0 Å². The molecule has 2 N–H and O–H groups in total. The van der Waals surface area contributed by atoms with Gasteiger partial charge in [0, 0.05) is 12.3 Å². The molecule has 138 valence electrons. The van der Waals surface area contributed by atoms with Gasteiger partial charge in [-0.15, -0.1) is 0 Å². The summed E-state index contributed by atoms with van der Waals surface area (Å²) in [4.78, 5) is 25.1. The van der Waals surface area contributed by atoms with Crippen LogP contribution in [0.25, 0.3) is 0 Å². The van der Waals surface area contributed by atoms with E-state index < -0.39 is 53.0 Å². The molecule has 3 aliphatic heterocycles. The second kappa shape index (κ2) is 4.05. The zero-order chi connectivity index (χ0) is 18.2. The highest BCUT2D eigenvalue weighted by atomic mass is 16.7. The maximum atomic E-state index is 13.0. The average Bonchev–Trinajstić information content (AvgIpc) is 3.15. The third kappa shape index (κ3) is 1.31. The smallest absolute Gasteiger partial charge is 0.342 e. The summed E-state index contributed by atoms with van der Waals surface area (Å²) < 4.78 is 17.0. The lowest BCUT2D eigenvalue weighted by Crippen LogP contribution is -2.64. The van der Waals surface area contributed by atoms with Gasteiger partial charge in [-0.25, -0.2) is 4.79 Å². The molecule has 0 amide bonds. The summed E-state index contributed by atoms with van der Waals surface area (Å²) in [5, 5.41) is 22.3. The minimum absolute atomic E-state index is 0.0657. The van der Waals surface area contributed by atoms with E-state index in [0.29, 0.717) is 6.42 Å². The molecular formula is C18H24O7. The van der Waals surface area contributed by atoms with E-state index in [9.17, 15) is 19.8 Å². The monoisotopic (exact) mass is 352 g/mol. The van der Waals surface area contributed by atoms with E-state index in [2.05, 4.69) is 20.8 Å². The third-order valence-electron chi connectivity index (χ3n) is 7.83. The zero-order valence-corrected chi connectivity index (χ0v) is 14.8. The van der Waals surface area contributed by atoms with Gasteiger partial charge in [0.25, 0.3) is 0 Å². The Morgan fingerprint density at radius 2 is 1.84 bits per heavy atom. The van der Waals surface area contributed by atoms with Crippen molar-refractivity contribution in [1.29, 1.82) is 0 Å². The molecule has 9 atom stereocenters. The molecule has 5 fully saturated rings. The largest absolute Gasteiger partial charge is 0.459 e. The lowest BCUT2D eigenvalue weighted by molar-refractivity contribution is -0.233. The van der Waals surface area contributed by atoms with Crippen molar-refractivity contribution >= 4 is 11.9 Å². The SMILES string of the molecule is C[C@@H]1C(=O)O[C@@H]2C[C@]34[C@@H]5[C@H](C(C)(C)C)C[C@H]3OC(=O)[C@]4(O[C@@H]5O)[C@@]12O. The van der Waals surface area contributed by atoms with Crippen LogP contribution in [0.4, 0.5) is 0 Å². The van der Waals surface area contributed by atoms with Crippen molar-refractivity contribution < 1.29 is 34.0 Å². The molecule has 1 spiro atoms. The Bertz CT molecular complexity index is 698. The summed E-state index contributed by atoms with van der Waals surface area (Å²) in [6.07, 6.45) is -1.52. The molecule has 0 bridgehead atoms. The van der Waals surface area contributed by atoms with Gasteiger partial charge in [-0.05, 0) is 24.7 Å². The number of carbonyl (C=O) groups excluding carboxylic acids is 2. The number of aliphatic hydroxyl groups excluding tert-OH is 1. The predicted molar refractivity (Wildman–Crippen MR) is 81.8 cm³/mol. The first-order chi connectivity index (χ1) is 11.5. The van der Waals surface area contributed by atoms with Gasteiger partial charge in [0.2, 0.25) is 5.60 Å². The van der Waals surface area contributed by atoms with Crippen LogP contribution >= 0.6 is 0 Å². The number of hydrogen-bond donors (Lipinski definition) is 2. The Morgan fingerprint density at radius 1 is 1.16 bits per heavy atom. The first-order valence-electron chi connectivity index (χ1n) is 9.01. The van der Waals surface area contributed by atoms with E-state index in [1.807, 2.05) is 0 Å². The number of rotatable bonds is 0. The quantitative estimate of drug-likeness (QED) is 0.607. The van der Waals surface area contributed by atoms with Crippen LogP contribution in [0.3, 0.4) is 0 Å². The molecule has 0 aromatic heterocycles. The normalized spacial score (nSPS) is 58.8. The number of carbonyl (C=O) groups is 2. The summed E-state index contributed by atoms with van der Waals surface area (Å²) in [7, 11) is 0. The molecule has 2 saturated carbocycles. The molecular weight excluding hydrogens is 328 g/mol. The fourth-order valence-electron chi connectivity index (χ4n) is 6.80. The maximum Gasteiger partial charge on any atom is 0.342 e. The van der Waals surface area contributed by atoms with E-state index in [1.54, 1.807) is 6.92 Å². The van der Waals surface area contributed by atoms with Gasteiger partial charge in [-0.3, -0.25) is 4.79 Å². The molecule has 7 heteroatoms. The Hall–Kier alpha value is -1.18. The van der Waals surface area contributed by atoms with Crippen LogP contribution in [-0.2, 0) is 23.8 Å². The van der Waals surface area contributed by atoms with Gasteiger partial charge in [-0.2, -0.15) is 0 Å². The minimum atomic E-state index is -1.81. The molecule has 25 heavy (non-hydrogen) atoms. The van der Waals surface area contributed by atoms with Gasteiger partial charge in [0.1, 0.15) is 12.2 Å². The van der Waals surface area contributed by atoms with E-state index in [0.717, 1.165) is 0 Å². The van der Waals surface area contributed by atoms with Gasteiger partial charge >= 0.3 is 11.9 Å². The van der Waals surface area contributed by atoms with Crippen molar-refractivity contribution in [3.05, 3.63) is 0 Å². The van der Waals surface area contributed by atoms with Crippen LogP contribution in [0.15, 0.2) is 0 Å². The second-order valence-corrected chi connectivity index (χ2v) is 9.53.